The van der Waals surface area contributed by atoms with E-state index in [4.69, 9.17) is 4.74 Å². The second kappa shape index (κ2) is 7.09. The first-order valence-corrected chi connectivity index (χ1v) is 10.3. The molecule has 0 spiro atoms. The molecule has 0 saturated heterocycles. The van der Waals surface area contributed by atoms with Crippen LogP contribution in [-0.2, 0) is 0 Å². The van der Waals surface area contributed by atoms with Gasteiger partial charge in [-0.05, 0) is 42.3 Å². The Bertz CT molecular complexity index is 1080. The highest BCUT2D eigenvalue weighted by molar-refractivity contribution is 8.00. The third kappa shape index (κ3) is 3.20. The van der Waals surface area contributed by atoms with Gasteiger partial charge in [0.15, 0.2) is 5.13 Å². The topological polar surface area (TPSA) is 50.3 Å². The van der Waals surface area contributed by atoms with Crippen molar-refractivity contribution < 1.29 is 4.74 Å². The summed E-state index contributed by atoms with van der Waals surface area (Å²) in [5.41, 5.74) is 3.19. The number of benzene rings is 2. The summed E-state index contributed by atoms with van der Waals surface area (Å²) < 4.78 is 9.21. The van der Waals surface area contributed by atoms with Crippen LogP contribution >= 0.6 is 23.3 Å². The van der Waals surface area contributed by atoms with E-state index >= 15 is 0 Å². The van der Waals surface area contributed by atoms with Crippen molar-refractivity contribution in [2.24, 2.45) is 0 Å². The summed E-state index contributed by atoms with van der Waals surface area (Å²) in [7, 11) is 0. The zero-order valence-corrected chi connectivity index (χ0v) is 16.0. The Balaban J connectivity index is 1.47. The predicted octanol–water partition coefficient (Wildman–Crippen LogP) is 5.34. The molecule has 5 nitrogen and oxygen atoms in total. The van der Waals surface area contributed by atoms with Crippen LogP contribution in [0.4, 0.5) is 16.5 Å². The standard InChI is InChI=1S/C20H16N4OS2/c1-3-14-4-2-8-21-19(14)17(5-1)24-10-11-25-18-13-15(6-7-16(18)24)27-23-20-22-9-12-26-20/h1-9,12-13H,10-11H2,(H,22,23). The Morgan fingerprint density at radius 2 is 2.00 bits per heavy atom. The van der Waals surface area contributed by atoms with Gasteiger partial charge in [-0.15, -0.1) is 11.3 Å². The van der Waals surface area contributed by atoms with Crippen molar-refractivity contribution in [1.82, 2.24) is 9.97 Å². The molecule has 5 rings (SSSR count). The molecule has 0 aliphatic carbocycles. The maximum absolute atomic E-state index is 5.95. The van der Waals surface area contributed by atoms with Gasteiger partial charge >= 0.3 is 0 Å². The van der Waals surface area contributed by atoms with E-state index in [1.165, 1.54) is 11.9 Å². The van der Waals surface area contributed by atoms with Crippen LogP contribution in [-0.4, -0.2) is 23.1 Å². The van der Waals surface area contributed by atoms with Crippen molar-refractivity contribution in [3.8, 4) is 5.75 Å². The number of nitrogens with zero attached hydrogens (tertiary/aromatic N) is 3. The summed E-state index contributed by atoms with van der Waals surface area (Å²) in [5.74, 6) is 0.889. The van der Waals surface area contributed by atoms with Gasteiger partial charge in [0.25, 0.3) is 0 Å². The first-order valence-electron chi connectivity index (χ1n) is 8.59. The van der Waals surface area contributed by atoms with E-state index in [9.17, 15) is 0 Å². The lowest BCUT2D eigenvalue weighted by Crippen LogP contribution is -2.28. The van der Waals surface area contributed by atoms with Gasteiger partial charge in [-0.25, -0.2) is 4.98 Å². The number of rotatable bonds is 4. The summed E-state index contributed by atoms with van der Waals surface area (Å²) in [6.07, 6.45) is 3.64. The summed E-state index contributed by atoms with van der Waals surface area (Å²) in [6.45, 7) is 1.44. The number of ether oxygens (including phenoxy) is 1. The van der Waals surface area contributed by atoms with Crippen LogP contribution in [0.5, 0.6) is 5.75 Å². The molecule has 0 unspecified atom stereocenters. The molecule has 3 heterocycles. The van der Waals surface area contributed by atoms with Crippen molar-refractivity contribution in [1.29, 1.82) is 0 Å². The Kier molecular flexibility index (Phi) is 4.31. The summed E-state index contributed by atoms with van der Waals surface area (Å²) in [6, 6.07) is 16.7. The lowest BCUT2D eigenvalue weighted by molar-refractivity contribution is 0.313. The largest absolute Gasteiger partial charge is 0.489 e. The van der Waals surface area contributed by atoms with Crippen LogP contribution in [0.15, 0.2) is 71.2 Å². The fourth-order valence-corrected chi connectivity index (χ4v) is 4.45. The number of hydrogen-bond acceptors (Lipinski definition) is 7. The third-order valence-electron chi connectivity index (χ3n) is 4.39. The van der Waals surface area contributed by atoms with Gasteiger partial charge < -0.3 is 14.4 Å². The summed E-state index contributed by atoms with van der Waals surface area (Å²) in [5, 5.41) is 3.99. The van der Waals surface area contributed by atoms with Crippen molar-refractivity contribution in [3.63, 3.8) is 0 Å². The van der Waals surface area contributed by atoms with Gasteiger partial charge in [-0.3, -0.25) is 4.98 Å². The maximum atomic E-state index is 5.95. The molecular formula is C20H16N4OS2. The number of fused-ring (bicyclic) bond motifs is 2. The van der Waals surface area contributed by atoms with Gasteiger partial charge in [0.2, 0.25) is 0 Å². The minimum absolute atomic E-state index is 0.643. The normalized spacial score (nSPS) is 13.3. The Labute approximate surface area is 165 Å². The summed E-state index contributed by atoms with van der Waals surface area (Å²) in [4.78, 5) is 12.2. The molecule has 7 heteroatoms. The molecule has 4 aromatic rings. The number of anilines is 3. The molecule has 0 saturated carbocycles. The lowest BCUT2D eigenvalue weighted by atomic mass is 10.1. The van der Waals surface area contributed by atoms with Crippen molar-refractivity contribution in [2.45, 2.75) is 4.90 Å². The molecule has 27 heavy (non-hydrogen) atoms. The van der Waals surface area contributed by atoms with Gasteiger partial charge in [0.1, 0.15) is 12.4 Å². The smallest absolute Gasteiger partial charge is 0.192 e. The van der Waals surface area contributed by atoms with Crippen LogP contribution in [0.1, 0.15) is 0 Å². The van der Waals surface area contributed by atoms with E-state index in [0.717, 1.165) is 44.6 Å². The van der Waals surface area contributed by atoms with Crippen LogP contribution in [0.2, 0.25) is 0 Å². The van der Waals surface area contributed by atoms with Crippen LogP contribution in [0.3, 0.4) is 0 Å². The minimum Gasteiger partial charge on any atom is -0.489 e. The average molecular weight is 393 g/mol. The fraction of sp³-hybridized carbons (Fsp3) is 0.100. The Hall–Kier alpha value is -2.77. The summed E-state index contributed by atoms with van der Waals surface area (Å²) >= 11 is 3.12. The zero-order chi connectivity index (χ0) is 18.1. The van der Waals surface area contributed by atoms with Crippen LogP contribution in [0, 0.1) is 0 Å². The van der Waals surface area contributed by atoms with Crippen molar-refractivity contribution in [2.75, 3.05) is 22.8 Å². The second-order valence-electron chi connectivity index (χ2n) is 6.02. The van der Waals surface area contributed by atoms with E-state index in [-0.39, 0.29) is 0 Å². The molecule has 0 radical (unpaired) electrons. The monoisotopic (exact) mass is 392 g/mol. The second-order valence-corrected chi connectivity index (χ2v) is 7.80. The molecular weight excluding hydrogens is 376 g/mol. The number of pyridine rings is 1. The SMILES string of the molecule is c1cnc2c(N3CCOc4cc(SNc5nccs5)ccc43)cccc2c1. The number of para-hydroxylation sites is 1. The molecule has 0 amide bonds. The minimum atomic E-state index is 0.643. The quantitative estimate of drug-likeness (QED) is 0.473. The fourth-order valence-electron chi connectivity index (χ4n) is 3.20. The van der Waals surface area contributed by atoms with Crippen LogP contribution in [0.25, 0.3) is 10.9 Å². The molecule has 0 bridgehead atoms. The van der Waals surface area contributed by atoms with E-state index in [1.807, 2.05) is 17.6 Å². The molecule has 134 valence electrons. The van der Waals surface area contributed by atoms with Gasteiger partial charge in [-0.2, -0.15) is 0 Å². The number of thiazole rings is 1. The predicted molar refractivity (Wildman–Crippen MR) is 112 cm³/mol. The average Bonchev–Trinajstić information content (AvgIpc) is 3.25. The van der Waals surface area contributed by atoms with E-state index in [1.54, 1.807) is 17.5 Å². The number of hydrogen-bond donors (Lipinski definition) is 1. The molecule has 0 atom stereocenters. The number of aromatic nitrogens is 2. The third-order valence-corrected chi connectivity index (χ3v) is 5.99. The van der Waals surface area contributed by atoms with Gasteiger partial charge in [-0.1, -0.05) is 18.2 Å². The van der Waals surface area contributed by atoms with E-state index in [0.29, 0.717) is 6.61 Å². The van der Waals surface area contributed by atoms with Crippen molar-refractivity contribution >= 4 is 50.7 Å². The highest BCUT2D eigenvalue weighted by Crippen LogP contribution is 2.41. The number of nitrogens with one attached hydrogen (secondary N) is 1. The first kappa shape index (κ1) is 16.4. The molecule has 1 aliphatic heterocycles. The van der Waals surface area contributed by atoms with Gasteiger partial charge in [0.05, 0.1) is 23.4 Å². The molecule has 2 aromatic carbocycles. The van der Waals surface area contributed by atoms with Gasteiger partial charge in [0, 0.05) is 28.1 Å². The Morgan fingerprint density at radius 3 is 2.93 bits per heavy atom. The van der Waals surface area contributed by atoms with E-state index < -0.39 is 0 Å². The zero-order valence-electron chi connectivity index (χ0n) is 14.3. The first-order chi connectivity index (χ1) is 13.4. The highest BCUT2D eigenvalue weighted by atomic mass is 32.2. The lowest BCUT2D eigenvalue weighted by Gasteiger charge is -2.32. The highest BCUT2D eigenvalue weighted by Gasteiger charge is 2.22. The maximum Gasteiger partial charge on any atom is 0.192 e. The Morgan fingerprint density at radius 1 is 1.04 bits per heavy atom. The van der Waals surface area contributed by atoms with Crippen LogP contribution < -0.4 is 14.4 Å². The molecule has 1 aliphatic rings. The van der Waals surface area contributed by atoms with E-state index in [2.05, 4.69) is 62.1 Å². The molecule has 1 N–H and O–H groups in total. The molecule has 0 fully saturated rings. The van der Waals surface area contributed by atoms with Crippen molar-refractivity contribution in [3.05, 3.63) is 66.3 Å². The molecule has 2 aromatic heterocycles.